The normalized spacial score (nSPS) is 11.7. The highest BCUT2D eigenvalue weighted by atomic mass is 35.5. The Kier molecular flexibility index (Phi) is 6.21. The molecule has 1 heterocycles. The van der Waals surface area contributed by atoms with Crippen LogP contribution in [-0.2, 0) is 11.2 Å². The highest BCUT2D eigenvalue weighted by molar-refractivity contribution is 6.30. The smallest absolute Gasteiger partial charge is 0.227 e. The Labute approximate surface area is 166 Å². The quantitative estimate of drug-likeness (QED) is 0.582. The van der Waals surface area contributed by atoms with E-state index in [0.717, 1.165) is 23.8 Å². The molecular formula is C21H17ClF2N2O2. The molecule has 28 heavy (non-hydrogen) atoms. The second-order valence-corrected chi connectivity index (χ2v) is 6.75. The van der Waals surface area contributed by atoms with Gasteiger partial charge < -0.3 is 10.1 Å². The molecule has 0 fully saturated rings. The van der Waals surface area contributed by atoms with Crippen molar-refractivity contribution in [2.45, 2.75) is 13.3 Å². The topological polar surface area (TPSA) is 51.2 Å². The first kappa shape index (κ1) is 19.8. The molecule has 0 saturated carbocycles. The molecule has 3 rings (SSSR count). The average Bonchev–Trinajstić information content (AvgIpc) is 2.62. The van der Waals surface area contributed by atoms with Gasteiger partial charge >= 0.3 is 0 Å². The third-order valence-corrected chi connectivity index (χ3v) is 4.18. The maximum Gasteiger partial charge on any atom is 0.227 e. The first-order chi connectivity index (χ1) is 13.4. The number of hydrogen-bond donors (Lipinski definition) is 1. The third-order valence-electron chi connectivity index (χ3n) is 3.94. The number of pyridine rings is 1. The highest BCUT2D eigenvalue weighted by Crippen LogP contribution is 2.23. The number of ether oxygens (including phenoxy) is 1. The Bertz CT molecular complexity index is 960. The Morgan fingerprint density at radius 3 is 2.54 bits per heavy atom. The van der Waals surface area contributed by atoms with Gasteiger partial charge in [-0.05, 0) is 30.2 Å². The number of benzene rings is 2. The van der Waals surface area contributed by atoms with Gasteiger partial charge in [0.2, 0.25) is 11.8 Å². The lowest BCUT2D eigenvalue weighted by Crippen LogP contribution is -2.22. The summed E-state index contributed by atoms with van der Waals surface area (Å²) in [5.41, 5.74) is 1.46. The minimum absolute atomic E-state index is 0.00284. The van der Waals surface area contributed by atoms with Gasteiger partial charge in [-0.1, -0.05) is 30.7 Å². The number of halogens is 3. The van der Waals surface area contributed by atoms with E-state index in [-0.39, 0.29) is 23.5 Å². The lowest BCUT2D eigenvalue weighted by Gasteiger charge is -2.13. The van der Waals surface area contributed by atoms with E-state index in [4.69, 9.17) is 16.3 Å². The fraction of sp³-hybridized carbons (Fsp3) is 0.143. The Morgan fingerprint density at radius 2 is 1.89 bits per heavy atom. The van der Waals surface area contributed by atoms with Crippen LogP contribution in [0.25, 0.3) is 0 Å². The highest BCUT2D eigenvalue weighted by Gasteiger charge is 2.14. The summed E-state index contributed by atoms with van der Waals surface area (Å²) in [6.07, 6.45) is 1.96. The summed E-state index contributed by atoms with van der Waals surface area (Å²) in [6, 6.07) is 13.3. The SMILES string of the molecule is CC(Cc1cccc(Cl)c1)C(=O)Nc1ccc(Oc2cc(F)cc(F)c2)nc1. The van der Waals surface area contributed by atoms with E-state index < -0.39 is 11.6 Å². The molecule has 2 aromatic carbocycles. The van der Waals surface area contributed by atoms with Crippen LogP contribution in [0.2, 0.25) is 5.02 Å². The van der Waals surface area contributed by atoms with Crippen molar-refractivity contribution in [3.8, 4) is 11.6 Å². The van der Waals surface area contributed by atoms with Crippen LogP contribution in [0.5, 0.6) is 11.6 Å². The van der Waals surface area contributed by atoms with Gasteiger partial charge in [0, 0.05) is 35.2 Å². The molecule has 7 heteroatoms. The lowest BCUT2D eigenvalue weighted by atomic mass is 10.0. The van der Waals surface area contributed by atoms with Crippen LogP contribution >= 0.6 is 11.6 Å². The van der Waals surface area contributed by atoms with Crippen molar-refractivity contribution in [3.05, 3.63) is 83.0 Å². The van der Waals surface area contributed by atoms with Crippen LogP contribution in [0.3, 0.4) is 0 Å². The molecule has 0 bridgehead atoms. The summed E-state index contributed by atoms with van der Waals surface area (Å²) in [4.78, 5) is 16.4. The van der Waals surface area contributed by atoms with Crippen LogP contribution in [0.15, 0.2) is 60.8 Å². The van der Waals surface area contributed by atoms with Gasteiger partial charge in [-0.15, -0.1) is 0 Å². The largest absolute Gasteiger partial charge is 0.439 e. The first-order valence-corrected chi connectivity index (χ1v) is 8.92. The average molecular weight is 403 g/mol. The van der Waals surface area contributed by atoms with Gasteiger partial charge in [0.05, 0.1) is 11.9 Å². The number of amides is 1. The maximum atomic E-state index is 13.2. The molecule has 4 nitrogen and oxygen atoms in total. The predicted molar refractivity (Wildman–Crippen MR) is 104 cm³/mol. The van der Waals surface area contributed by atoms with Crippen LogP contribution in [0, 0.1) is 17.6 Å². The van der Waals surface area contributed by atoms with Crippen molar-refractivity contribution < 1.29 is 18.3 Å². The molecule has 1 unspecified atom stereocenters. The van der Waals surface area contributed by atoms with Crippen LogP contribution < -0.4 is 10.1 Å². The lowest BCUT2D eigenvalue weighted by molar-refractivity contribution is -0.119. The second-order valence-electron chi connectivity index (χ2n) is 6.32. The van der Waals surface area contributed by atoms with Gasteiger partial charge in [-0.2, -0.15) is 0 Å². The monoisotopic (exact) mass is 402 g/mol. The van der Waals surface area contributed by atoms with E-state index >= 15 is 0 Å². The van der Waals surface area contributed by atoms with Crippen molar-refractivity contribution in [2.75, 3.05) is 5.32 Å². The van der Waals surface area contributed by atoms with Crippen molar-refractivity contribution in [1.29, 1.82) is 0 Å². The fourth-order valence-electron chi connectivity index (χ4n) is 2.60. The van der Waals surface area contributed by atoms with Gasteiger partial charge in [0.15, 0.2) is 0 Å². The summed E-state index contributed by atoms with van der Waals surface area (Å²) in [5, 5.41) is 3.40. The molecule has 0 radical (unpaired) electrons. The van der Waals surface area contributed by atoms with E-state index in [9.17, 15) is 13.6 Å². The predicted octanol–water partition coefficient (Wildman–Crippen LogP) is 5.62. The number of carbonyl (C=O) groups is 1. The summed E-state index contributed by atoms with van der Waals surface area (Å²) in [6.45, 7) is 1.82. The van der Waals surface area contributed by atoms with E-state index in [2.05, 4.69) is 10.3 Å². The molecule has 1 atom stereocenters. The van der Waals surface area contributed by atoms with Gasteiger partial charge in [0.1, 0.15) is 17.4 Å². The zero-order chi connectivity index (χ0) is 20.1. The number of rotatable bonds is 6. The molecule has 1 aromatic heterocycles. The van der Waals surface area contributed by atoms with Crippen molar-refractivity contribution in [3.63, 3.8) is 0 Å². The molecule has 0 aliphatic carbocycles. The number of nitrogens with zero attached hydrogens (tertiary/aromatic N) is 1. The Hall–Kier alpha value is -2.99. The Morgan fingerprint density at radius 1 is 1.14 bits per heavy atom. The number of hydrogen-bond acceptors (Lipinski definition) is 3. The molecule has 0 aliphatic heterocycles. The molecular weight excluding hydrogens is 386 g/mol. The summed E-state index contributed by atoms with van der Waals surface area (Å²) in [5.74, 6) is -1.78. The van der Waals surface area contributed by atoms with E-state index in [1.165, 1.54) is 12.3 Å². The van der Waals surface area contributed by atoms with E-state index in [1.807, 2.05) is 25.1 Å². The maximum absolute atomic E-state index is 13.2. The van der Waals surface area contributed by atoms with Crippen LogP contribution in [0.1, 0.15) is 12.5 Å². The minimum atomic E-state index is -0.743. The Balaban J connectivity index is 1.59. The van der Waals surface area contributed by atoms with Gasteiger partial charge in [-0.25, -0.2) is 13.8 Å². The molecule has 144 valence electrons. The summed E-state index contributed by atoms with van der Waals surface area (Å²) >= 11 is 5.97. The van der Waals surface area contributed by atoms with Crippen LogP contribution in [0.4, 0.5) is 14.5 Å². The molecule has 1 N–H and O–H groups in total. The van der Waals surface area contributed by atoms with E-state index in [1.54, 1.807) is 12.1 Å². The third kappa shape index (κ3) is 5.50. The molecule has 0 saturated heterocycles. The zero-order valence-corrected chi connectivity index (χ0v) is 15.7. The molecule has 1 amide bonds. The zero-order valence-electron chi connectivity index (χ0n) is 15.0. The van der Waals surface area contributed by atoms with Crippen LogP contribution in [-0.4, -0.2) is 10.9 Å². The summed E-state index contributed by atoms with van der Waals surface area (Å²) in [7, 11) is 0. The number of aromatic nitrogens is 1. The van der Waals surface area contributed by atoms with Crippen molar-refractivity contribution in [1.82, 2.24) is 4.98 Å². The number of nitrogens with one attached hydrogen (secondary N) is 1. The first-order valence-electron chi connectivity index (χ1n) is 8.54. The minimum Gasteiger partial charge on any atom is -0.439 e. The number of carbonyl (C=O) groups excluding carboxylic acids is 1. The fourth-order valence-corrected chi connectivity index (χ4v) is 2.81. The van der Waals surface area contributed by atoms with E-state index in [0.29, 0.717) is 17.1 Å². The molecule has 3 aromatic rings. The molecule has 0 spiro atoms. The standard InChI is InChI=1S/C21H17ClF2N2O2/c1-13(7-14-3-2-4-15(22)8-14)21(27)26-18-5-6-20(25-12-18)28-19-10-16(23)9-17(24)11-19/h2-6,8-13H,7H2,1H3,(H,26,27). The molecule has 0 aliphatic rings. The van der Waals surface area contributed by atoms with Gasteiger partial charge in [0.25, 0.3) is 0 Å². The second kappa shape index (κ2) is 8.80. The van der Waals surface area contributed by atoms with Gasteiger partial charge in [-0.3, -0.25) is 4.79 Å². The van der Waals surface area contributed by atoms with Crippen molar-refractivity contribution in [2.24, 2.45) is 5.92 Å². The number of anilines is 1. The van der Waals surface area contributed by atoms with Crippen molar-refractivity contribution >= 4 is 23.2 Å². The summed E-state index contributed by atoms with van der Waals surface area (Å²) < 4.78 is 31.7.